The summed E-state index contributed by atoms with van der Waals surface area (Å²) < 4.78 is 0. The molecule has 0 unspecified atom stereocenters. The molecule has 0 atom stereocenters. The van der Waals surface area contributed by atoms with E-state index < -0.39 is 9.05 Å². The van der Waals surface area contributed by atoms with E-state index in [1.807, 2.05) is 0 Å². The van der Waals surface area contributed by atoms with Gasteiger partial charge in [-0.3, -0.25) is 4.70 Å². The largest absolute Gasteiger partial charge is 2.00 e. The van der Waals surface area contributed by atoms with Crippen molar-refractivity contribution in [3.05, 3.63) is 0 Å². The van der Waals surface area contributed by atoms with Gasteiger partial charge >= 0.3 is 56.6 Å². The fraction of sp³-hybridized carbons (Fsp3) is 0. The van der Waals surface area contributed by atoms with E-state index in [0.717, 1.165) is 0 Å². The van der Waals surface area contributed by atoms with E-state index >= 15 is 0 Å². The monoisotopic (exact) mass is 160 g/mol. The number of halogens is 1. The number of rotatable bonds is 0. The fourth-order valence-corrected chi connectivity index (χ4v) is 0. The van der Waals surface area contributed by atoms with Crippen LogP contribution in [0, 0.1) is 0 Å². The minimum Gasteiger partial charge on any atom is -0.861 e. The summed E-state index contributed by atoms with van der Waals surface area (Å²) in [6, 6.07) is 0. The minimum absolute atomic E-state index is 0. The van der Waals surface area contributed by atoms with Crippen molar-refractivity contribution in [3.63, 3.8) is 0 Å². The Morgan fingerprint density at radius 3 is 1.12 bits per heavy atom. The topological polar surface area (TPSA) is 89.4 Å². The van der Waals surface area contributed by atoms with Crippen molar-refractivity contribution in [1.29, 1.82) is 0 Å². The molecule has 40 valence electrons. The van der Waals surface area contributed by atoms with Crippen LogP contribution in [0.1, 0.15) is 0 Å². The van der Waals surface area contributed by atoms with Crippen molar-refractivity contribution in [1.82, 2.24) is 0 Å². The van der Waals surface area contributed by atoms with E-state index in [-0.39, 0.29) is 61.3 Å². The number of hydrogen-bond acceptors (Lipinski definition) is 4. The first-order valence-corrected chi connectivity index (χ1v) is 2.51. The van der Waals surface area contributed by atoms with E-state index in [2.05, 4.69) is 0 Å². The van der Waals surface area contributed by atoms with E-state index in [1.54, 1.807) is 0 Å². The molecule has 1 N–H and O–H groups in total. The van der Waals surface area contributed by atoms with Gasteiger partial charge in [-0.2, -0.15) is 0 Å². The van der Waals surface area contributed by atoms with Gasteiger partial charge in [0.05, 0.1) is 0 Å². The van der Waals surface area contributed by atoms with Crippen LogP contribution in [0.4, 0.5) is 4.70 Å². The van der Waals surface area contributed by atoms with Gasteiger partial charge in [-0.05, 0) is 0 Å². The molecule has 0 aliphatic heterocycles. The molecule has 0 rings (SSSR count). The number of hydrogen-bond donors (Lipinski definition) is 1. The van der Waals surface area contributed by atoms with Crippen LogP contribution in [0.2, 0.25) is 0 Å². The Labute approximate surface area is 88.6 Å². The SMILES string of the molecule is F.[Ca+2].[Li+].[O-][Si]([O-])([O-])O. The molecule has 0 radical (unpaired) electrons. The van der Waals surface area contributed by atoms with Gasteiger partial charge in [0.15, 0.2) is 0 Å². The molecule has 0 amide bonds. The molecule has 0 aliphatic carbocycles. The Morgan fingerprint density at radius 2 is 1.12 bits per heavy atom. The third kappa shape index (κ3) is 108. The third-order valence-electron chi connectivity index (χ3n) is 0. The minimum atomic E-state index is -5.36. The van der Waals surface area contributed by atoms with Crippen LogP contribution < -0.4 is 33.2 Å². The van der Waals surface area contributed by atoms with Crippen molar-refractivity contribution >= 4 is 46.8 Å². The van der Waals surface area contributed by atoms with Crippen LogP contribution in [0.25, 0.3) is 0 Å². The van der Waals surface area contributed by atoms with Gasteiger partial charge in [0.25, 0.3) is 0 Å². The zero-order valence-electron chi connectivity index (χ0n) is 4.29. The van der Waals surface area contributed by atoms with Crippen LogP contribution in [-0.2, 0) is 0 Å². The molecule has 8 heavy (non-hydrogen) atoms. The van der Waals surface area contributed by atoms with Gasteiger partial charge in [-0.15, -0.1) is 9.05 Å². The van der Waals surface area contributed by atoms with Gasteiger partial charge in [0.2, 0.25) is 0 Å². The Balaban J connectivity index is -0.0000000267. The second-order valence-corrected chi connectivity index (χ2v) is 1.57. The molecule has 0 aromatic rings. The standard InChI is InChI=1S/Ca.FH.Li.HO4Si/c;;;1-5(2,3)4/h;1H;;1H/q+2;;+1;-3. The van der Waals surface area contributed by atoms with Crippen molar-refractivity contribution in [3.8, 4) is 0 Å². The molecular formula is H2CaFLiO4Si. The molecule has 4 nitrogen and oxygen atoms in total. The second-order valence-electron chi connectivity index (χ2n) is 0.524. The summed E-state index contributed by atoms with van der Waals surface area (Å²) in [7, 11) is -5.36. The Bertz CT molecular complexity index is 31.5. The van der Waals surface area contributed by atoms with Gasteiger partial charge in [-0.1, -0.05) is 0 Å². The summed E-state index contributed by atoms with van der Waals surface area (Å²) in [6.45, 7) is 0. The average molecular weight is 160 g/mol. The van der Waals surface area contributed by atoms with Crippen molar-refractivity contribution in [2.24, 2.45) is 0 Å². The normalized spacial score (nSPS) is 7.50. The van der Waals surface area contributed by atoms with Gasteiger partial charge < -0.3 is 19.2 Å². The maximum atomic E-state index is 8.69. The molecule has 0 heterocycles. The molecule has 0 bridgehead atoms. The molecule has 0 spiro atoms. The first-order valence-electron chi connectivity index (χ1n) is 0.836. The first-order chi connectivity index (χ1) is 2.00. The predicted octanol–water partition coefficient (Wildman–Crippen LogP) is -7.73. The van der Waals surface area contributed by atoms with E-state index in [1.165, 1.54) is 0 Å². The van der Waals surface area contributed by atoms with Crippen molar-refractivity contribution < 1.29 is 42.7 Å². The Morgan fingerprint density at radius 1 is 1.12 bits per heavy atom. The van der Waals surface area contributed by atoms with E-state index in [4.69, 9.17) is 19.2 Å². The van der Waals surface area contributed by atoms with Crippen LogP contribution in [0.3, 0.4) is 0 Å². The maximum Gasteiger partial charge on any atom is 2.00 e. The Kier molecular flexibility index (Phi) is 24.9. The van der Waals surface area contributed by atoms with Gasteiger partial charge in [0.1, 0.15) is 0 Å². The third-order valence-corrected chi connectivity index (χ3v) is 0. The summed E-state index contributed by atoms with van der Waals surface area (Å²) in [5, 5.41) is 0. The van der Waals surface area contributed by atoms with Crippen LogP contribution in [0.15, 0.2) is 0 Å². The summed E-state index contributed by atoms with van der Waals surface area (Å²) in [5.41, 5.74) is 0. The maximum absolute atomic E-state index is 8.69. The quantitative estimate of drug-likeness (QED) is 0.356. The Hall–Kier alpha value is 1.84. The van der Waals surface area contributed by atoms with Gasteiger partial charge in [-0.25, -0.2) is 0 Å². The molecule has 0 aliphatic rings. The van der Waals surface area contributed by atoms with Crippen molar-refractivity contribution in [2.45, 2.75) is 0 Å². The predicted molar refractivity (Wildman–Crippen MR) is 16.2 cm³/mol. The second kappa shape index (κ2) is 8.84. The first kappa shape index (κ1) is 22.5. The van der Waals surface area contributed by atoms with E-state index in [9.17, 15) is 0 Å². The molecule has 8 heteroatoms. The average Bonchev–Trinajstić information content (AvgIpc) is 0.722. The molecular weight excluding hydrogens is 158 g/mol. The zero-order valence-corrected chi connectivity index (χ0v) is 7.50. The summed E-state index contributed by atoms with van der Waals surface area (Å²) in [6.07, 6.45) is 0. The van der Waals surface area contributed by atoms with Crippen molar-refractivity contribution in [2.75, 3.05) is 0 Å². The smallest absolute Gasteiger partial charge is 0.861 e. The van der Waals surface area contributed by atoms with Gasteiger partial charge in [0, 0.05) is 0 Å². The summed E-state index contributed by atoms with van der Waals surface area (Å²) >= 11 is 0. The van der Waals surface area contributed by atoms with E-state index in [0.29, 0.717) is 0 Å². The molecule has 0 aromatic carbocycles. The molecule has 0 saturated carbocycles. The zero-order chi connectivity index (χ0) is 4.50. The molecule has 0 fully saturated rings. The van der Waals surface area contributed by atoms with Crippen LogP contribution in [-0.4, -0.2) is 51.6 Å². The summed E-state index contributed by atoms with van der Waals surface area (Å²) in [5.74, 6) is 0. The van der Waals surface area contributed by atoms with Crippen LogP contribution >= 0.6 is 0 Å². The molecule has 0 aromatic heterocycles. The molecule has 0 saturated heterocycles. The summed E-state index contributed by atoms with van der Waals surface area (Å²) in [4.78, 5) is 33.1. The van der Waals surface area contributed by atoms with Crippen LogP contribution in [0.5, 0.6) is 0 Å². The fourth-order valence-electron chi connectivity index (χ4n) is 0.